The lowest BCUT2D eigenvalue weighted by atomic mass is 10.0. The Morgan fingerprint density at radius 1 is 1.31 bits per heavy atom. The van der Waals surface area contributed by atoms with Gasteiger partial charge in [0.1, 0.15) is 5.69 Å². The first-order chi connectivity index (χ1) is 12.6. The van der Waals surface area contributed by atoms with E-state index in [9.17, 15) is 4.79 Å². The van der Waals surface area contributed by atoms with Crippen molar-refractivity contribution in [2.24, 2.45) is 11.0 Å². The number of aromatic nitrogens is 1. The summed E-state index contributed by atoms with van der Waals surface area (Å²) in [5.41, 5.74) is 4.96. The van der Waals surface area contributed by atoms with Crippen LogP contribution in [0.2, 0.25) is 0 Å². The van der Waals surface area contributed by atoms with Gasteiger partial charge in [0, 0.05) is 18.5 Å². The van der Waals surface area contributed by atoms with Gasteiger partial charge in [-0.15, -0.1) is 11.3 Å². The number of carbonyl (C=O) groups is 1. The van der Waals surface area contributed by atoms with E-state index in [2.05, 4.69) is 34.3 Å². The highest BCUT2D eigenvalue weighted by atomic mass is 32.1. The Balaban J connectivity index is 1.69. The van der Waals surface area contributed by atoms with E-state index in [-0.39, 0.29) is 5.91 Å². The lowest BCUT2D eigenvalue weighted by molar-refractivity contribution is 0.0950. The molecule has 0 bridgehead atoms. The average molecular weight is 372 g/mol. The summed E-state index contributed by atoms with van der Waals surface area (Å²) in [6.45, 7) is 7.27. The van der Waals surface area contributed by atoms with Crippen LogP contribution in [0.5, 0.6) is 0 Å². The fraction of sp³-hybridized carbons (Fsp3) is 0.421. The predicted molar refractivity (Wildman–Crippen MR) is 105 cm³/mol. The molecule has 2 heterocycles. The number of benzene rings is 1. The van der Waals surface area contributed by atoms with Crippen LogP contribution >= 0.6 is 11.3 Å². The fourth-order valence-corrected chi connectivity index (χ4v) is 3.55. The summed E-state index contributed by atoms with van der Waals surface area (Å²) in [6, 6.07) is 9.93. The number of anilines is 1. The molecule has 138 valence electrons. The quantitative estimate of drug-likeness (QED) is 0.625. The molecule has 6 nitrogen and oxygen atoms in total. The smallest absolute Gasteiger partial charge is 0.290 e. The number of morpholine rings is 1. The zero-order valence-corrected chi connectivity index (χ0v) is 16.0. The second-order valence-corrected chi connectivity index (χ2v) is 7.41. The van der Waals surface area contributed by atoms with Gasteiger partial charge in [-0.1, -0.05) is 44.2 Å². The third kappa shape index (κ3) is 4.89. The minimum Gasteiger partial charge on any atom is -0.378 e. The number of carbonyl (C=O) groups excluding carboxylic acids is 1. The summed E-state index contributed by atoms with van der Waals surface area (Å²) in [7, 11) is 0. The summed E-state index contributed by atoms with van der Waals surface area (Å²) < 4.78 is 5.35. The number of nitrogens with zero attached hydrogens (tertiary/aromatic N) is 3. The van der Waals surface area contributed by atoms with Gasteiger partial charge in [-0.05, 0) is 17.9 Å². The van der Waals surface area contributed by atoms with Crippen molar-refractivity contribution in [3.63, 3.8) is 0 Å². The third-order valence-corrected chi connectivity index (χ3v) is 4.91. The molecule has 7 heteroatoms. The summed E-state index contributed by atoms with van der Waals surface area (Å²) in [6.07, 6.45) is 0.792. The first-order valence-electron chi connectivity index (χ1n) is 8.84. The van der Waals surface area contributed by atoms with Gasteiger partial charge in [0.2, 0.25) is 0 Å². The van der Waals surface area contributed by atoms with E-state index in [0.29, 0.717) is 24.8 Å². The number of hydrazone groups is 1. The second-order valence-electron chi connectivity index (χ2n) is 6.58. The largest absolute Gasteiger partial charge is 0.378 e. The Hall–Kier alpha value is -2.25. The van der Waals surface area contributed by atoms with Crippen molar-refractivity contribution in [3.8, 4) is 0 Å². The van der Waals surface area contributed by atoms with Gasteiger partial charge >= 0.3 is 0 Å². The molecule has 1 aromatic carbocycles. The highest BCUT2D eigenvalue weighted by molar-refractivity contribution is 7.13. The van der Waals surface area contributed by atoms with Crippen molar-refractivity contribution in [1.82, 2.24) is 10.4 Å². The van der Waals surface area contributed by atoms with Crippen molar-refractivity contribution in [2.75, 3.05) is 31.2 Å². The van der Waals surface area contributed by atoms with Crippen LogP contribution < -0.4 is 10.3 Å². The summed E-state index contributed by atoms with van der Waals surface area (Å²) in [5, 5.41) is 7.01. The molecule has 0 atom stereocenters. The van der Waals surface area contributed by atoms with E-state index in [1.165, 1.54) is 11.3 Å². The summed E-state index contributed by atoms with van der Waals surface area (Å²) >= 11 is 1.48. The molecule has 1 aliphatic rings. The van der Waals surface area contributed by atoms with Crippen molar-refractivity contribution >= 4 is 28.1 Å². The molecule has 1 aromatic heterocycles. The molecule has 1 amide bonds. The van der Waals surface area contributed by atoms with Crippen molar-refractivity contribution in [1.29, 1.82) is 0 Å². The zero-order chi connectivity index (χ0) is 18.4. The van der Waals surface area contributed by atoms with Crippen LogP contribution in [0.25, 0.3) is 0 Å². The monoisotopic (exact) mass is 372 g/mol. The van der Waals surface area contributed by atoms with Crippen LogP contribution in [0.4, 0.5) is 5.13 Å². The molecule has 0 unspecified atom stereocenters. The third-order valence-electron chi connectivity index (χ3n) is 4.01. The van der Waals surface area contributed by atoms with Crippen molar-refractivity contribution < 1.29 is 9.53 Å². The van der Waals surface area contributed by atoms with Gasteiger partial charge in [0.15, 0.2) is 5.13 Å². The van der Waals surface area contributed by atoms with Gasteiger partial charge in [-0.25, -0.2) is 10.4 Å². The van der Waals surface area contributed by atoms with Crippen LogP contribution in [0.3, 0.4) is 0 Å². The number of nitrogens with one attached hydrogen (secondary N) is 1. The molecule has 0 radical (unpaired) electrons. The normalized spacial score (nSPS) is 15.3. The lowest BCUT2D eigenvalue weighted by Gasteiger charge is -2.25. The van der Waals surface area contributed by atoms with E-state index in [1.807, 2.05) is 30.3 Å². The number of thiazole rings is 1. The first-order valence-corrected chi connectivity index (χ1v) is 9.72. The Kier molecular flexibility index (Phi) is 6.35. The minimum absolute atomic E-state index is 0.280. The lowest BCUT2D eigenvalue weighted by Crippen LogP contribution is -2.36. The molecule has 2 aromatic rings. The van der Waals surface area contributed by atoms with Gasteiger partial charge in [-0.2, -0.15) is 5.10 Å². The molecular formula is C19H24N4O2S. The molecule has 0 spiro atoms. The molecule has 3 rings (SSSR count). The molecule has 1 fully saturated rings. The van der Waals surface area contributed by atoms with Gasteiger partial charge in [0.05, 0.1) is 18.9 Å². The molecule has 0 aliphatic carbocycles. The minimum atomic E-state index is -0.280. The Morgan fingerprint density at radius 2 is 2.04 bits per heavy atom. The Bertz CT molecular complexity index is 752. The molecule has 1 saturated heterocycles. The van der Waals surface area contributed by atoms with E-state index in [0.717, 1.165) is 35.9 Å². The van der Waals surface area contributed by atoms with Crippen molar-refractivity contribution in [3.05, 3.63) is 47.0 Å². The average Bonchev–Trinajstić information content (AvgIpc) is 3.16. The Morgan fingerprint density at radius 3 is 2.73 bits per heavy atom. The SMILES string of the molecule is CC(C)C/C(=N\NC(=O)c1csc(N2CCOCC2)n1)c1ccccc1. The van der Waals surface area contributed by atoms with Gasteiger partial charge in [0.25, 0.3) is 5.91 Å². The molecule has 0 saturated carbocycles. The number of hydrogen-bond donors (Lipinski definition) is 1. The summed E-state index contributed by atoms with van der Waals surface area (Å²) in [4.78, 5) is 19.0. The number of hydrogen-bond acceptors (Lipinski definition) is 6. The molecular weight excluding hydrogens is 348 g/mol. The van der Waals surface area contributed by atoms with Gasteiger partial charge in [-0.3, -0.25) is 4.79 Å². The first kappa shape index (κ1) is 18.5. The standard InChI is InChI=1S/C19H24N4O2S/c1-14(2)12-16(15-6-4-3-5-7-15)21-22-18(24)17-13-26-19(20-17)23-8-10-25-11-9-23/h3-7,13-14H,8-12H2,1-2H3,(H,22,24)/b21-16+. The van der Waals surface area contributed by atoms with E-state index < -0.39 is 0 Å². The molecule has 1 aliphatic heterocycles. The number of ether oxygens (including phenoxy) is 1. The van der Waals surface area contributed by atoms with Crippen LogP contribution in [0.15, 0.2) is 40.8 Å². The maximum absolute atomic E-state index is 12.4. The van der Waals surface area contributed by atoms with Crippen LogP contribution in [0, 0.1) is 5.92 Å². The van der Waals surface area contributed by atoms with E-state index >= 15 is 0 Å². The van der Waals surface area contributed by atoms with Crippen LogP contribution in [0.1, 0.15) is 36.3 Å². The van der Waals surface area contributed by atoms with Crippen molar-refractivity contribution in [2.45, 2.75) is 20.3 Å². The van der Waals surface area contributed by atoms with E-state index in [4.69, 9.17) is 4.74 Å². The maximum Gasteiger partial charge on any atom is 0.290 e. The van der Waals surface area contributed by atoms with Crippen LogP contribution in [-0.2, 0) is 4.74 Å². The zero-order valence-electron chi connectivity index (χ0n) is 15.1. The van der Waals surface area contributed by atoms with Gasteiger partial charge < -0.3 is 9.64 Å². The number of rotatable bonds is 6. The fourth-order valence-electron chi connectivity index (χ4n) is 2.69. The summed E-state index contributed by atoms with van der Waals surface area (Å²) in [5.74, 6) is 0.163. The molecule has 1 N–H and O–H groups in total. The second kappa shape index (κ2) is 8.91. The van der Waals surface area contributed by atoms with Crippen LogP contribution in [-0.4, -0.2) is 42.9 Å². The maximum atomic E-state index is 12.4. The highest BCUT2D eigenvalue weighted by Crippen LogP contribution is 2.21. The predicted octanol–water partition coefficient (Wildman–Crippen LogP) is 3.16. The number of amides is 1. The topological polar surface area (TPSA) is 66.8 Å². The molecule has 26 heavy (non-hydrogen) atoms. The highest BCUT2D eigenvalue weighted by Gasteiger charge is 2.17. The Labute approximate surface area is 157 Å². The van der Waals surface area contributed by atoms with E-state index in [1.54, 1.807) is 5.38 Å².